The van der Waals surface area contributed by atoms with Crippen LogP contribution in [-0.2, 0) is 23.7 Å². The number of hydrogen-bond acceptors (Lipinski definition) is 20. The maximum absolute atomic E-state index is 14.2. The van der Waals surface area contributed by atoms with Crippen molar-refractivity contribution in [3.05, 3.63) is 40.6 Å². The Bertz CT molecular complexity index is 1830. The number of rotatable bonds is 9. The molecule has 0 bridgehead atoms. The number of phenolic OH excluding ortho intramolecular Hbond substituents is 3. The molecule has 6 rings (SSSR count). The third kappa shape index (κ3) is 7.29. The van der Waals surface area contributed by atoms with Gasteiger partial charge in [0, 0.05) is 11.6 Å². The van der Waals surface area contributed by atoms with Crippen molar-refractivity contribution in [3.8, 4) is 40.1 Å². The van der Waals surface area contributed by atoms with Crippen molar-refractivity contribution in [3.63, 3.8) is 0 Å². The van der Waals surface area contributed by atoms with Crippen LogP contribution in [0.1, 0.15) is 13.8 Å². The Morgan fingerprint density at radius 2 is 1.28 bits per heavy atom. The summed E-state index contributed by atoms with van der Waals surface area (Å²) in [6.07, 6.45) is -24.9. The van der Waals surface area contributed by atoms with E-state index >= 15 is 0 Å². The van der Waals surface area contributed by atoms with Crippen molar-refractivity contribution in [1.29, 1.82) is 0 Å². The fourth-order valence-electron chi connectivity index (χ4n) is 6.42. The number of fused-ring (bicyclic) bond motifs is 1. The van der Waals surface area contributed by atoms with Gasteiger partial charge in [-0.05, 0) is 38.1 Å². The summed E-state index contributed by atoms with van der Waals surface area (Å²) in [6.45, 7) is 2.09. The second-order valence-corrected chi connectivity index (χ2v) is 13.2. The lowest BCUT2D eigenvalue weighted by Gasteiger charge is -2.46. The summed E-state index contributed by atoms with van der Waals surface area (Å²) in [5.41, 5.74) is -1.30. The van der Waals surface area contributed by atoms with Crippen LogP contribution in [-0.4, -0.2) is 162 Å². The van der Waals surface area contributed by atoms with E-state index in [1.807, 2.05) is 0 Å². The van der Waals surface area contributed by atoms with Crippen LogP contribution in [0.25, 0.3) is 22.3 Å². The molecule has 298 valence electrons. The summed E-state index contributed by atoms with van der Waals surface area (Å²) in [4.78, 5) is 14.2. The van der Waals surface area contributed by atoms with Gasteiger partial charge in [-0.15, -0.1) is 0 Å². The number of aliphatic hydroxyl groups excluding tert-OH is 8. The zero-order valence-electron chi connectivity index (χ0n) is 28.8. The second-order valence-electron chi connectivity index (χ2n) is 13.2. The van der Waals surface area contributed by atoms with Crippen molar-refractivity contribution in [2.24, 2.45) is 0 Å². The van der Waals surface area contributed by atoms with Gasteiger partial charge in [0.25, 0.3) is 0 Å². The molecule has 0 aliphatic carbocycles. The molecule has 54 heavy (non-hydrogen) atoms. The number of aromatic hydroxyl groups is 3. The number of ether oxygens (including phenoxy) is 7. The van der Waals surface area contributed by atoms with Crippen LogP contribution < -0.4 is 14.9 Å². The van der Waals surface area contributed by atoms with Crippen molar-refractivity contribution in [1.82, 2.24) is 0 Å². The van der Waals surface area contributed by atoms with Crippen LogP contribution in [0.2, 0.25) is 0 Å². The van der Waals surface area contributed by atoms with Gasteiger partial charge in [0.2, 0.25) is 23.2 Å². The van der Waals surface area contributed by atoms with E-state index in [4.69, 9.17) is 37.6 Å². The molecule has 20 heteroatoms. The molecule has 11 N–H and O–H groups in total. The van der Waals surface area contributed by atoms with Gasteiger partial charge in [-0.1, -0.05) is 0 Å². The third-order valence-electron chi connectivity index (χ3n) is 9.60. The Balaban J connectivity index is 1.41. The van der Waals surface area contributed by atoms with E-state index in [1.165, 1.54) is 38.1 Å². The van der Waals surface area contributed by atoms with E-state index in [1.54, 1.807) is 0 Å². The highest BCUT2D eigenvalue weighted by atomic mass is 16.8. The highest BCUT2D eigenvalue weighted by Gasteiger charge is 2.52. The molecule has 1 aromatic heterocycles. The van der Waals surface area contributed by atoms with Crippen LogP contribution in [0, 0.1) is 0 Å². The molecule has 3 aliphatic rings. The van der Waals surface area contributed by atoms with Gasteiger partial charge in [0.05, 0.1) is 25.9 Å². The molecule has 2 aromatic carbocycles. The van der Waals surface area contributed by atoms with Crippen LogP contribution in [0.3, 0.4) is 0 Å². The molecule has 0 spiro atoms. The fourth-order valence-corrected chi connectivity index (χ4v) is 6.42. The molecule has 0 saturated carbocycles. The zero-order valence-corrected chi connectivity index (χ0v) is 28.8. The lowest BCUT2D eigenvalue weighted by molar-refractivity contribution is -0.360. The predicted octanol–water partition coefficient (Wildman–Crippen LogP) is -2.53. The van der Waals surface area contributed by atoms with Crippen LogP contribution in [0.15, 0.2) is 39.5 Å². The molecule has 0 radical (unpaired) electrons. The van der Waals surface area contributed by atoms with Crippen LogP contribution in [0.5, 0.6) is 28.7 Å². The second kappa shape index (κ2) is 15.7. The Morgan fingerprint density at radius 3 is 1.89 bits per heavy atom. The van der Waals surface area contributed by atoms with E-state index in [9.17, 15) is 61.0 Å². The average molecular weight is 771 g/mol. The monoisotopic (exact) mass is 770 g/mol. The summed E-state index contributed by atoms with van der Waals surface area (Å²) < 4.78 is 45.4. The molecule has 4 heterocycles. The van der Waals surface area contributed by atoms with Crippen LogP contribution >= 0.6 is 0 Å². The predicted molar refractivity (Wildman–Crippen MR) is 176 cm³/mol. The van der Waals surface area contributed by atoms with Crippen molar-refractivity contribution in [2.45, 2.75) is 106 Å². The molecule has 3 fully saturated rings. The summed E-state index contributed by atoms with van der Waals surface area (Å²) in [5.74, 6) is -3.13. The first kappa shape index (κ1) is 39.8. The Morgan fingerprint density at radius 1 is 0.685 bits per heavy atom. The minimum absolute atomic E-state index is 0.112. The van der Waals surface area contributed by atoms with Gasteiger partial charge >= 0.3 is 0 Å². The summed E-state index contributed by atoms with van der Waals surface area (Å²) >= 11 is 0. The van der Waals surface area contributed by atoms with Gasteiger partial charge in [-0.25, -0.2) is 0 Å². The van der Waals surface area contributed by atoms with E-state index in [2.05, 4.69) is 0 Å². The summed E-state index contributed by atoms with van der Waals surface area (Å²) in [6, 6.07) is 6.18. The summed E-state index contributed by atoms with van der Waals surface area (Å²) in [7, 11) is 1.12. The highest BCUT2D eigenvalue weighted by Crippen LogP contribution is 2.44. The number of methoxy groups -OCH3 is 1. The minimum atomic E-state index is -2.02. The van der Waals surface area contributed by atoms with Crippen molar-refractivity contribution in [2.75, 3.05) is 13.7 Å². The first-order chi connectivity index (χ1) is 25.5. The smallest absolute Gasteiger partial charge is 0.239 e. The zero-order chi connectivity index (χ0) is 39.3. The van der Waals surface area contributed by atoms with Gasteiger partial charge < -0.3 is 93.7 Å². The van der Waals surface area contributed by atoms with Crippen LogP contribution in [0.4, 0.5) is 0 Å². The molecule has 3 saturated heterocycles. The first-order valence-electron chi connectivity index (χ1n) is 16.8. The van der Waals surface area contributed by atoms with E-state index in [0.29, 0.717) is 0 Å². The third-order valence-corrected chi connectivity index (χ3v) is 9.60. The van der Waals surface area contributed by atoms with Gasteiger partial charge in [-0.2, -0.15) is 0 Å². The van der Waals surface area contributed by atoms with E-state index in [0.717, 1.165) is 13.2 Å². The molecule has 3 aromatic rings. The first-order valence-corrected chi connectivity index (χ1v) is 16.8. The van der Waals surface area contributed by atoms with Crippen molar-refractivity contribution < 1.29 is 93.7 Å². The number of aliphatic hydroxyl groups is 8. The lowest BCUT2D eigenvalue weighted by atomic mass is 9.97. The standard InChI is InChI=1S/C34H42O20/c1-10-18(37)23(42)26(45)32(49-10)48-9-16-20(39)25(44)31(54-33-27(46)24(43)19(38)11(2)50-33)34(52-16)53-30-22(41)17-15(8-14(36)29(47-3)21(17)40)51-28(30)12-4-6-13(35)7-5-12/h4-8,10-11,16,18-20,23-27,31-40,42-46H,9H2,1-3H3/t10-,11-,16+,18-,19-,20-,23+,24+,25-,26+,27+,31+,32+,33-,34-/m0/s1. The highest BCUT2D eigenvalue weighted by molar-refractivity contribution is 5.91. The Labute approximate surface area is 305 Å². The van der Waals surface area contributed by atoms with Gasteiger partial charge in [0.15, 0.2) is 35.9 Å². The number of benzene rings is 2. The molecule has 0 amide bonds. The molecule has 20 nitrogen and oxygen atoms in total. The topological polar surface area (TPSA) is 317 Å². The number of hydrogen-bond donors (Lipinski definition) is 11. The van der Waals surface area contributed by atoms with E-state index in [-0.39, 0.29) is 22.7 Å². The average Bonchev–Trinajstić information content (AvgIpc) is 3.14. The normalized spacial score (nSPS) is 37.3. The van der Waals surface area contributed by atoms with Gasteiger partial charge in [-0.3, -0.25) is 4.79 Å². The quantitative estimate of drug-likeness (QED) is 0.107. The molecular weight excluding hydrogens is 728 g/mol. The molecule has 3 aliphatic heterocycles. The van der Waals surface area contributed by atoms with E-state index < -0.39 is 133 Å². The molecule has 0 unspecified atom stereocenters. The maximum Gasteiger partial charge on any atom is 0.239 e. The SMILES string of the molecule is COc1c(O)cc2oc(-c3ccc(O)cc3)c(O[C@@H]3O[C@H](CO[C@@H]4O[C@@H](C)[C@H](O)[C@@H](O)[C@H]4O)[C@H](O)[C@H](O)[C@H]3O[C@@H]3O[C@@H](C)[C@H](O)[C@@H](O)[C@H]3O)c(=O)c2c1O. The Kier molecular flexibility index (Phi) is 11.6. The Hall–Kier alpha value is -3.87. The number of phenols is 3. The minimum Gasteiger partial charge on any atom is -0.508 e. The molecular formula is C34H42O20. The van der Waals surface area contributed by atoms with Crippen molar-refractivity contribution >= 4 is 11.0 Å². The largest absolute Gasteiger partial charge is 0.508 e. The summed E-state index contributed by atoms with van der Waals surface area (Å²) in [5, 5.41) is 115. The van der Waals surface area contributed by atoms with Gasteiger partial charge in [0.1, 0.15) is 71.7 Å². The fraction of sp³-hybridized carbons (Fsp3) is 0.559. The molecule has 15 atom stereocenters. The lowest BCUT2D eigenvalue weighted by Crippen LogP contribution is -2.65. The maximum atomic E-state index is 14.2.